The van der Waals surface area contributed by atoms with E-state index >= 15 is 0 Å². The Bertz CT molecular complexity index is 621. The number of fused-ring (bicyclic) bond motifs is 1. The van der Waals surface area contributed by atoms with Gasteiger partial charge in [0.25, 0.3) is 0 Å². The van der Waals surface area contributed by atoms with Crippen LogP contribution in [0.25, 0.3) is 17.0 Å². The predicted molar refractivity (Wildman–Crippen MR) is 74.9 cm³/mol. The lowest BCUT2D eigenvalue weighted by atomic mass is 9.95. The number of para-hydroxylation sites is 1. The van der Waals surface area contributed by atoms with Crippen LogP contribution in [0.1, 0.15) is 25.0 Å². The quantitative estimate of drug-likeness (QED) is 0.809. The van der Waals surface area contributed by atoms with Crippen molar-refractivity contribution in [3.63, 3.8) is 0 Å². The van der Waals surface area contributed by atoms with Crippen LogP contribution in [0.5, 0.6) is 0 Å². The van der Waals surface area contributed by atoms with Crippen molar-refractivity contribution in [3.8, 4) is 6.07 Å². The Balaban J connectivity index is 2.49. The van der Waals surface area contributed by atoms with Gasteiger partial charge < -0.3 is 10.7 Å². The predicted octanol–water partition coefficient (Wildman–Crippen LogP) is 2.98. The standard InChI is InChI=1S/C15H17N3/c1-15(2,17)9-12-10-18-14-11(6-4-8-16)5-3-7-13(12)14/h3-7,10,18H,9,17H2,1-2H3. The first kappa shape index (κ1) is 12.4. The third-order valence-corrected chi connectivity index (χ3v) is 2.82. The monoisotopic (exact) mass is 239 g/mol. The highest BCUT2D eigenvalue weighted by Gasteiger charge is 2.15. The summed E-state index contributed by atoms with van der Waals surface area (Å²) in [5.41, 5.74) is 9.13. The molecular weight excluding hydrogens is 222 g/mol. The first-order valence-electron chi connectivity index (χ1n) is 5.95. The molecule has 0 fully saturated rings. The number of allylic oxidation sites excluding steroid dienone is 1. The van der Waals surface area contributed by atoms with Crippen LogP contribution in [0.4, 0.5) is 0 Å². The van der Waals surface area contributed by atoms with Gasteiger partial charge in [0.05, 0.1) is 11.6 Å². The molecule has 3 heteroatoms. The topological polar surface area (TPSA) is 65.6 Å². The highest BCUT2D eigenvalue weighted by atomic mass is 14.7. The van der Waals surface area contributed by atoms with Crippen LogP contribution >= 0.6 is 0 Å². The number of hydrogen-bond donors (Lipinski definition) is 2. The van der Waals surface area contributed by atoms with Gasteiger partial charge in [-0.3, -0.25) is 0 Å². The third-order valence-electron chi connectivity index (χ3n) is 2.82. The lowest BCUT2D eigenvalue weighted by Gasteiger charge is -2.17. The number of aromatic amines is 1. The first-order chi connectivity index (χ1) is 8.51. The van der Waals surface area contributed by atoms with Gasteiger partial charge in [0.15, 0.2) is 0 Å². The molecule has 0 spiro atoms. The molecule has 0 amide bonds. The van der Waals surface area contributed by atoms with Gasteiger partial charge in [-0.2, -0.15) is 5.26 Å². The molecule has 0 unspecified atom stereocenters. The molecule has 2 aromatic rings. The zero-order valence-electron chi connectivity index (χ0n) is 10.7. The van der Waals surface area contributed by atoms with Crippen molar-refractivity contribution >= 4 is 17.0 Å². The van der Waals surface area contributed by atoms with Crippen LogP contribution in [-0.4, -0.2) is 10.5 Å². The second-order valence-electron chi connectivity index (χ2n) is 5.21. The molecule has 0 aliphatic carbocycles. The number of aromatic nitrogens is 1. The summed E-state index contributed by atoms with van der Waals surface area (Å²) in [5, 5.41) is 9.77. The van der Waals surface area contributed by atoms with E-state index in [9.17, 15) is 0 Å². The molecule has 0 saturated carbocycles. The summed E-state index contributed by atoms with van der Waals surface area (Å²) in [5.74, 6) is 0. The van der Waals surface area contributed by atoms with E-state index in [-0.39, 0.29) is 5.54 Å². The van der Waals surface area contributed by atoms with E-state index in [4.69, 9.17) is 11.0 Å². The van der Waals surface area contributed by atoms with Crippen molar-refractivity contribution in [2.45, 2.75) is 25.8 Å². The molecule has 92 valence electrons. The Kier molecular flexibility index (Phi) is 3.22. The van der Waals surface area contributed by atoms with Crippen molar-refractivity contribution in [2.24, 2.45) is 5.73 Å². The van der Waals surface area contributed by atoms with Crippen LogP contribution in [0.15, 0.2) is 30.5 Å². The van der Waals surface area contributed by atoms with Crippen molar-refractivity contribution < 1.29 is 0 Å². The molecule has 0 bridgehead atoms. The zero-order valence-corrected chi connectivity index (χ0v) is 10.7. The average Bonchev–Trinajstić information content (AvgIpc) is 2.68. The summed E-state index contributed by atoms with van der Waals surface area (Å²) in [6, 6.07) is 8.08. The lowest BCUT2D eigenvalue weighted by molar-refractivity contribution is 0.518. The Morgan fingerprint density at radius 1 is 1.44 bits per heavy atom. The Morgan fingerprint density at radius 3 is 2.89 bits per heavy atom. The van der Waals surface area contributed by atoms with Gasteiger partial charge >= 0.3 is 0 Å². The summed E-state index contributed by atoms with van der Waals surface area (Å²) in [6.45, 7) is 4.04. The minimum Gasteiger partial charge on any atom is -0.360 e. The molecule has 0 aliphatic heterocycles. The lowest BCUT2D eigenvalue weighted by Crippen LogP contribution is -2.34. The highest BCUT2D eigenvalue weighted by Crippen LogP contribution is 2.25. The van der Waals surface area contributed by atoms with Crippen molar-refractivity contribution in [2.75, 3.05) is 0 Å². The maximum absolute atomic E-state index is 8.59. The average molecular weight is 239 g/mol. The van der Waals surface area contributed by atoms with Gasteiger partial charge in [0.2, 0.25) is 0 Å². The molecule has 0 aliphatic rings. The Hall–Kier alpha value is -2.05. The van der Waals surface area contributed by atoms with E-state index in [1.807, 2.05) is 44.3 Å². The van der Waals surface area contributed by atoms with Crippen molar-refractivity contribution in [3.05, 3.63) is 41.6 Å². The van der Waals surface area contributed by atoms with Gasteiger partial charge in [-0.1, -0.05) is 18.2 Å². The van der Waals surface area contributed by atoms with Crippen LogP contribution < -0.4 is 5.73 Å². The van der Waals surface area contributed by atoms with Crippen LogP contribution in [-0.2, 0) is 6.42 Å². The van der Waals surface area contributed by atoms with Crippen LogP contribution in [0.3, 0.4) is 0 Å². The number of hydrogen-bond acceptors (Lipinski definition) is 2. The minimum absolute atomic E-state index is 0.229. The second-order valence-corrected chi connectivity index (χ2v) is 5.21. The molecule has 18 heavy (non-hydrogen) atoms. The Morgan fingerprint density at radius 2 is 2.22 bits per heavy atom. The van der Waals surface area contributed by atoms with Crippen LogP contribution in [0, 0.1) is 11.3 Å². The second kappa shape index (κ2) is 4.67. The van der Waals surface area contributed by atoms with E-state index in [1.54, 1.807) is 0 Å². The van der Waals surface area contributed by atoms with Gasteiger partial charge in [-0.25, -0.2) is 0 Å². The molecule has 3 N–H and O–H groups in total. The van der Waals surface area contributed by atoms with Crippen molar-refractivity contribution in [1.29, 1.82) is 5.26 Å². The Labute approximate surface area is 107 Å². The van der Waals surface area contributed by atoms with Gasteiger partial charge in [0.1, 0.15) is 0 Å². The fraction of sp³-hybridized carbons (Fsp3) is 0.267. The van der Waals surface area contributed by atoms with Gasteiger partial charge in [0, 0.05) is 23.2 Å². The highest BCUT2D eigenvalue weighted by molar-refractivity contribution is 5.90. The molecular formula is C15H17N3. The molecule has 1 heterocycles. The number of nitriles is 1. The normalized spacial score (nSPS) is 12.1. The molecule has 1 aromatic carbocycles. The fourth-order valence-electron chi connectivity index (χ4n) is 2.14. The molecule has 0 radical (unpaired) electrons. The molecule has 2 rings (SSSR count). The third kappa shape index (κ3) is 2.61. The van der Waals surface area contributed by atoms with E-state index in [2.05, 4.69) is 11.1 Å². The molecule has 0 atom stereocenters. The number of nitrogens with zero attached hydrogens (tertiary/aromatic N) is 1. The number of H-pyrrole nitrogens is 1. The number of rotatable bonds is 3. The maximum Gasteiger partial charge on any atom is 0.0912 e. The molecule has 0 saturated heterocycles. The zero-order chi connectivity index (χ0) is 13.2. The van der Waals surface area contributed by atoms with Crippen molar-refractivity contribution in [1.82, 2.24) is 4.98 Å². The van der Waals surface area contributed by atoms with E-state index in [1.165, 1.54) is 17.0 Å². The van der Waals surface area contributed by atoms with E-state index in [0.29, 0.717) is 0 Å². The number of nitrogens with two attached hydrogens (primary N) is 1. The van der Waals surface area contributed by atoms with E-state index in [0.717, 1.165) is 17.5 Å². The summed E-state index contributed by atoms with van der Waals surface area (Å²) in [6.07, 6.45) is 6.12. The fourth-order valence-corrected chi connectivity index (χ4v) is 2.14. The van der Waals surface area contributed by atoms with Gasteiger partial charge in [-0.05, 0) is 37.5 Å². The minimum atomic E-state index is -0.229. The first-order valence-corrected chi connectivity index (χ1v) is 5.95. The smallest absolute Gasteiger partial charge is 0.0912 e. The summed E-state index contributed by atoms with van der Waals surface area (Å²) < 4.78 is 0. The summed E-state index contributed by atoms with van der Waals surface area (Å²) in [4.78, 5) is 3.27. The summed E-state index contributed by atoms with van der Waals surface area (Å²) in [7, 11) is 0. The molecule has 3 nitrogen and oxygen atoms in total. The molecule has 1 aromatic heterocycles. The summed E-state index contributed by atoms with van der Waals surface area (Å²) >= 11 is 0. The number of nitrogens with one attached hydrogen (secondary N) is 1. The van der Waals surface area contributed by atoms with Gasteiger partial charge in [-0.15, -0.1) is 0 Å². The van der Waals surface area contributed by atoms with E-state index < -0.39 is 0 Å². The SMILES string of the molecule is CC(C)(N)Cc1c[nH]c2c(C=CC#N)cccc12. The largest absolute Gasteiger partial charge is 0.360 e. The number of benzene rings is 1. The maximum atomic E-state index is 8.59. The van der Waals surface area contributed by atoms with Crippen LogP contribution in [0.2, 0.25) is 0 Å².